The SMILES string of the molecule is [CH-]=C(/C(C)=C\C(=[CH-])[C@@H](O)CC)c1cc2cnc(NC(=O)[C@H]3C[C@H]3F)cc2nc1-c1nccn1C.[Li+]. The number of nitrogens with zero attached hydrogens (tertiary/aromatic N) is 4. The number of carbonyl (C=O) groups excluding carboxylic acids is 1. The Morgan fingerprint density at radius 3 is 2.69 bits per heavy atom. The fourth-order valence-electron chi connectivity index (χ4n) is 3.63. The molecule has 0 bridgehead atoms. The number of halogens is 1. The van der Waals surface area contributed by atoms with E-state index in [0.29, 0.717) is 56.9 Å². The number of hydrogen-bond donors (Lipinski definition) is 2. The standard InChI is InChI=1S/C26H26FN5O2.Li/c1-6-22(33)15(3)9-14(2)16(4)18-10-17-13-29-23(31-26(34)19-11-20(19)27)12-21(17)30-24(18)25-28-7-8-32(25)5;/h3-4,7-10,12-13,19-20,22,33H,6,11H2,1-2,5H3,(H,29,31,34);/q-2;+1/b14-9-;/t19-,20+,22-;/m0./s1. The molecule has 4 rings (SSSR count). The number of pyridine rings is 2. The monoisotopic (exact) mass is 466 g/mol. The van der Waals surface area contributed by atoms with Crippen LogP contribution in [0.3, 0.4) is 0 Å². The number of aliphatic hydroxyl groups is 1. The van der Waals surface area contributed by atoms with E-state index in [0.717, 1.165) is 0 Å². The number of aromatic nitrogens is 4. The molecule has 3 atom stereocenters. The smallest absolute Gasteiger partial charge is 0.392 e. The van der Waals surface area contributed by atoms with Crippen molar-refractivity contribution in [3.63, 3.8) is 0 Å². The minimum absolute atomic E-state index is 0. The van der Waals surface area contributed by atoms with E-state index in [1.54, 1.807) is 30.7 Å². The maximum absolute atomic E-state index is 13.2. The summed E-state index contributed by atoms with van der Waals surface area (Å²) in [6, 6.07) is 3.49. The summed E-state index contributed by atoms with van der Waals surface area (Å²) in [6.07, 6.45) is 5.58. The number of fused-ring (bicyclic) bond motifs is 1. The third-order valence-corrected chi connectivity index (χ3v) is 5.90. The Balaban J connectivity index is 0.00000342. The third-order valence-electron chi connectivity index (χ3n) is 5.90. The number of aliphatic hydroxyl groups excluding tert-OH is 1. The molecule has 1 aliphatic rings. The number of anilines is 1. The molecule has 1 amide bonds. The molecule has 2 N–H and O–H groups in total. The van der Waals surface area contributed by atoms with E-state index in [2.05, 4.69) is 15.3 Å². The summed E-state index contributed by atoms with van der Waals surface area (Å²) in [4.78, 5) is 25.6. The van der Waals surface area contributed by atoms with E-state index in [-0.39, 0.29) is 31.2 Å². The van der Waals surface area contributed by atoms with E-state index < -0.39 is 18.2 Å². The van der Waals surface area contributed by atoms with E-state index in [4.69, 9.17) is 18.1 Å². The zero-order valence-corrected chi connectivity index (χ0v) is 20.3. The first-order valence-electron chi connectivity index (χ1n) is 11.0. The topological polar surface area (TPSA) is 92.9 Å². The Morgan fingerprint density at radius 2 is 2.09 bits per heavy atom. The van der Waals surface area contributed by atoms with Gasteiger partial charge in [-0.3, -0.25) is 22.4 Å². The van der Waals surface area contributed by atoms with Gasteiger partial charge in [-0.2, -0.15) is 0 Å². The van der Waals surface area contributed by atoms with Gasteiger partial charge >= 0.3 is 18.9 Å². The number of imidazole rings is 1. The summed E-state index contributed by atoms with van der Waals surface area (Å²) in [5.74, 6) is -0.109. The van der Waals surface area contributed by atoms with Gasteiger partial charge in [0.1, 0.15) is 17.8 Å². The molecule has 0 spiro atoms. The Hall–Kier alpha value is -3.05. The molecule has 9 heteroatoms. The summed E-state index contributed by atoms with van der Waals surface area (Å²) in [5.41, 5.74) is 3.16. The van der Waals surface area contributed by atoms with Gasteiger partial charge in [0.25, 0.3) is 0 Å². The van der Waals surface area contributed by atoms with Crippen molar-refractivity contribution < 1.29 is 33.2 Å². The molecular weight excluding hydrogens is 440 g/mol. The van der Waals surface area contributed by atoms with Crippen LogP contribution in [0.2, 0.25) is 0 Å². The molecule has 0 aromatic carbocycles. The van der Waals surface area contributed by atoms with Crippen molar-refractivity contribution >= 4 is 28.2 Å². The molecule has 35 heavy (non-hydrogen) atoms. The van der Waals surface area contributed by atoms with Crippen LogP contribution in [-0.4, -0.2) is 42.8 Å². The molecule has 0 unspecified atom stereocenters. The summed E-state index contributed by atoms with van der Waals surface area (Å²) in [7, 11) is 1.85. The first kappa shape index (κ1) is 26.6. The Labute approximate surface area is 216 Å². The first-order chi connectivity index (χ1) is 16.2. The second kappa shape index (κ2) is 10.7. The van der Waals surface area contributed by atoms with Crippen LogP contribution in [0.5, 0.6) is 0 Å². The van der Waals surface area contributed by atoms with Crippen LogP contribution in [-0.2, 0) is 11.8 Å². The Morgan fingerprint density at radius 1 is 1.37 bits per heavy atom. The van der Waals surface area contributed by atoms with Crippen molar-refractivity contribution in [3.8, 4) is 11.5 Å². The van der Waals surface area contributed by atoms with Crippen LogP contribution in [0, 0.1) is 19.1 Å². The fourth-order valence-corrected chi connectivity index (χ4v) is 3.63. The zero-order valence-electron chi connectivity index (χ0n) is 20.3. The zero-order chi connectivity index (χ0) is 24.6. The van der Waals surface area contributed by atoms with Gasteiger partial charge in [0.05, 0.1) is 17.1 Å². The molecule has 1 saturated carbocycles. The third kappa shape index (κ3) is 5.62. The van der Waals surface area contributed by atoms with Crippen LogP contribution in [0.4, 0.5) is 10.2 Å². The maximum atomic E-state index is 13.2. The minimum atomic E-state index is -1.09. The van der Waals surface area contributed by atoms with Crippen molar-refractivity contribution in [2.45, 2.75) is 39.0 Å². The predicted molar refractivity (Wildman–Crippen MR) is 129 cm³/mol. The molecule has 176 valence electrons. The van der Waals surface area contributed by atoms with Crippen LogP contribution in [0.25, 0.3) is 28.0 Å². The number of allylic oxidation sites excluding steroid dienone is 2. The van der Waals surface area contributed by atoms with E-state index in [1.807, 2.05) is 31.5 Å². The number of aryl methyl sites for hydroxylation is 1. The molecule has 1 fully saturated rings. The van der Waals surface area contributed by atoms with Gasteiger partial charge in [-0.15, -0.1) is 6.92 Å². The Bertz CT molecular complexity index is 1330. The number of nitrogens with one attached hydrogen (secondary N) is 1. The summed E-state index contributed by atoms with van der Waals surface area (Å²) >= 11 is 0. The van der Waals surface area contributed by atoms with Gasteiger partial charge in [0, 0.05) is 43.2 Å². The summed E-state index contributed by atoms with van der Waals surface area (Å²) in [6.45, 7) is 16.2. The largest absolute Gasteiger partial charge is 1.00 e. The number of alkyl halides is 1. The van der Waals surface area contributed by atoms with Gasteiger partial charge in [-0.25, -0.2) is 37.7 Å². The summed E-state index contributed by atoms with van der Waals surface area (Å²) < 4.78 is 15.0. The van der Waals surface area contributed by atoms with Gasteiger partial charge in [0.15, 0.2) is 0 Å². The van der Waals surface area contributed by atoms with Gasteiger partial charge in [-0.1, -0.05) is 18.6 Å². The number of carbonyl (C=O) groups is 1. The van der Waals surface area contributed by atoms with Crippen molar-refractivity contribution in [2.75, 3.05) is 5.32 Å². The van der Waals surface area contributed by atoms with Crippen molar-refractivity contribution in [3.05, 3.63) is 66.7 Å². The van der Waals surface area contributed by atoms with Crippen LogP contribution < -0.4 is 24.2 Å². The average Bonchev–Trinajstić information content (AvgIpc) is 3.41. The van der Waals surface area contributed by atoms with Gasteiger partial charge in [0.2, 0.25) is 5.91 Å². The molecule has 3 heterocycles. The summed E-state index contributed by atoms with van der Waals surface area (Å²) in [5, 5.41) is 13.4. The van der Waals surface area contributed by atoms with Crippen molar-refractivity contribution in [1.82, 2.24) is 19.5 Å². The quantitative estimate of drug-likeness (QED) is 0.296. The predicted octanol–water partition coefficient (Wildman–Crippen LogP) is 1.22. The number of rotatable bonds is 8. The molecule has 3 aromatic heterocycles. The van der Waals surface area contributed by atoms with Crippen molar-refractivity contribution in [1.29, 1.82) is 0 Å². The molecule has 3 aromatic rings. The van der Waals surface area contributed by atoms with Crippen molar-refractivity contribution in [2.24, 2.45) is 13.0 Å². The van der Waals surface area contributed by atoms with E-state index in [9.17, 15) is 14.3 Å². The fraction of sp³-hybridized carbons (Fsp3) is 0.308. The average molecular weight is 466 g/mol. The number of amides is 1. The van der Waals surface area contributed by atoms with Gasteiger partial charge in [-0.05, 0) is 12.8 Å². The molecular formula is C26H26FLiN5O2-. The molecule has 0 radical (unpaired) electrons. The molecule has 1 aliphatic carbocycles. The van der Waals surface area contributed by atoms with Gasteiger partial charge < -0.3 is 15.0 Å². The normalized spacial score (nSPS) is 18.0. The van der Waals surface area contributed by atoms with Crippen LogP contribution >= 0.6 is 0 Å². The first-order valence-corrected chi connectivity index (χ1v) is 11.0. The van der Waals surface area contributed by atoms with Crippen LogP contribution in [0.1, 0.15) is 32.3 Å². The number of hydrogen-bond acceptors (Lipinski definition) is 5. The molecule has 7 nitrogen and oxygen atoms in total. The molecule has 0 aliphatic heterocycles. The van der Waals surface area contributed by atoms with E-state index >= 15 is 0 Å². The van der Waals surface area contributed by atoms with E-state index in [1.165, 1.54) is 0 Å². The maximum Gasteiger partial charge on any atom is 1.00 e. The minimum Gasteiger partial charge on any atom is -0.392 e. The molecule has 0 saturated heterocycles. The Kier molecular flexibility index (Phi) is 8.11. The van der Waals surface area contributed by atoms with Crippen LogP contribution in [0.15, 0.2) is 47.9 Å². The second-order valence-corrected chi connectivity index (χ2v) is 8.52. The second-order valence-electron chi connectivity index (χ2n) is 8.52.